The average Bonchev–Trinajstić information content (AvgIpc) is 2.40. The summed E-state index contributed by atoms with van der Waals surface area (Å²) in [4.78, 5) is 11.9. The molecule has 3 heteroatoms. The quantitative estimate of drug-likeness (QED) is 0.777. The first kappa shape index (κ1) is 18.1. The van der Waals surface area contributed by atoms with E-state index in [2.05, 4.69) is 64.2 Å². The second-order valence-corrected chi connectivity index (χ2v) is 7.42. The monoisotopic (exact) mass is 307 g/mol. The first-order valence-corrected chi connectivity index (χ1v) is 8.95. The van der Waals surface area contributed by atoms with Crippen LogP contribution in [0.25, 0.3) is 0 Å². The van der Waals surface area contributed by atoms with E-state index in [4.69, 9.17) is 0 Å². The molecule has 0 saturated heterocycles. The van der Waals surface area contributed by atoms with Crippen LogP contribution in [0.3, 0.4) is 0 Å². The fraction of sp³-hybridized carbons (Fsp3) is 0.611. The molecule has 118 valence electrons. The Balaban J connectivity index is 2.26. The molecule has 0 fully saturated rings. The van der Waals surface area contributed by atoms with E-state index < -0.39 is 0 Å². The molecule has 0 radical (unpaired) electrons. The van der Waals surface area contributed by atoms with Gasteiger partial charge in [0.15, 0.2) is 0 Å². The van der Waals surface area contributed by atoms with E-state index in [0.29, 0.717) is 23.5 Å². The zero-order valence-corrected chi connectivity index (χ0v) is 14.8. The molecule has 0 spiro atoms. The van der Waals surface area contributed by atoms with Gasteiger partial charge in [-0.2, -0.15) is 0 Å². The number of hydrogen-bond donors (Lipinski definition) is 1. The lowest BCUT2D eigenvalue weighted by Crippen LogP contribution is -2.34. The van der Waals surface area contributed by atoms with Crippen molar-refractivity contribution in [1.82, 2.24) is 5.32 Å². The number of benzene rings is 1. The summed E-state index contributed by atoms with van der Waals surface area (Å²) in [6.07, 6.45) is 0. The number of nitrogens with one attached hydrogen (secondary N) is 1. The SMILES string of the molecule is Cc1ccc(CSCC(=O)NCC(C(C)C)C(C)C)cc1. The first-order chi connectivity index (χ1) is 9.90. The van der Waals surface area contributed by atoms with Crippen LogP contribution in [0.1, 0.15) is 38.8 Å². The lowest BCUT2D eigenvalue weighted by Gasteiger charge is -2.25. The number of rotatable bonds is 8. The average molecular weight is 308 g/mol. The van der Waals surface area contributed by atoms with Gasteiger partial charge in [0.05, 0.1) is 5.75 Å². The zero-order chi connectivity index (χ0) is 15.8. The molecule has 1 rings (SSSR count). The molecule has 0 aliphatic heterocycles. The highest BCUT2D eigenvalue weighted by molar-refractivity contribution is 7.99. The van der Waals surface area contributed by atoms with Crippen molar-refractivity contribution >= 4 is 17.7 Å². The van der Waals surface area contributed by atoms with E-state index in [1.165, 1.54) is 11.1 Å². The number of hydrogen-bond acceptors (Lipinski definition) is 2. The third-order valence-electron chi connectivity index (χ3n) is 3.87. The Morgan fingerprint density at radius 2 is 1.67 bits per heavy atom. The van der Waals surface area contributed by atoms with Crippen molar-refractivity contribution in [2.45, 2.75) is 40.4 Å². The lowest BCUT2D eigenvalue weighted by molar-refractivity contribution is -0.118. The number of carbonyl (C=O) groups excluding carboxylic acids is 1. The van der Waals surface area contributed by atoms with Crippen LogP contribution < -0.4 is 5.32 Å². The van der Waals surface area contributed by atoms with Crippen LogP contribution in [0.5, 0.6) is 0 Å². The predicted molar refractivity (Wildman–Crippen MR) is 93.5 cm³/mol. The summed E-state index contributed by atoms with van der Waals surface area (Å²) in [5.41, 5.74) is 2.55. The molecule has 21 heavy (non-hydrogen) atoms. The molecular weight excluding hydrogens is 278 g/mol. The third-order valence-corrected chi connectivity index (χ3v) is 4.87. The highest BCUT2D eigenvalue weighted by atomic mass is 32.2. The molecular formula is C18H29NOS. The van der Waals surface area contributed by atoms with Crippen LogP contribution in [-0.2, 0) is 10.5 Å². The van der Waals surface area contributed by atoms with Gasteiger partial charge in [-0.05, 0) is 30.2 Å². The number of thioether (sulfide) groups is 1. The van der Waals surface area contributed by atoms with Gasteiger partial charge < -0.3 is 5.32 Å². The van der Waals surface area contributed by atoms with Crippen molar-refractivity contribution in [3.8, 4) is 0 Å². The maximum absolute atomic E-state index is 11.9. The van der Waals surface area contributed by atoms with E-state index in [9.17, 15) is 4.79 Å². The summed E-state index contributed by atoms with van der Waals surface area (Å²) in [6, 6.07) is 8.50. The van der Waals surface area contributed by atoms with Crippen molar-refractivity contribution in [3.05, 3.63) is 35.4 Å². The molecule has 0 atom stereocenters. The zero-order valence-electron chi connectivity index (χ0n) is 14.0. The summed E-state index contributed by atoms with van der Waals surface area (Å²) in [7, 11) is 0. The summed E-state index contributed by atoms with van der Waals surface area (Å²) >= 11 is 1.68. The van der Waals surface area contributed by atoms with Crippen molar-refractivity contribution < 1.29 is 4.79 Å². The van der Waals surface area contributed by atoms with Crippen molar-refractivity contribution in [1.29, 1.82) is 0 Å². The van der Waals surface area contributed by atoms with Gasteiger partial charge in [0.25, 0.3) is 0 Å². The van der Waals surface area contributed by atoms with Gasteiger partial charge in [0.2, 0.25) is 5.91 Å². The molecule has 2 nitrogen and oxygen atoms in total. The molecule has 1 aromatic carbocycles. The highest BCUT2D eigenvalue weighted by Crippen LogP contribution is 2.19. The molecule has 1 N–H and O–H groups in total. The summed E-state index contributed by atoms with van der Waals surface area (Å²) in [5, 5.41) is 3.08. The number of amides is 1. The van der Waals surface area contributed by atoms with E-state index in [1.807, 2.05) is 0 Å². The second-order valence-electron chi connectivity index (χ2n) is 6.43. The Labute approximate surface area is 134 Å². The molecule has 0 saturated carbocycles. The standard InChI is InChI=1S/C18H29NOS/c1-13(2)17(14(3)4)10-19-18(20)12-21-11-16-8-6-15(5)7-9-16/h6-9,13-14,17H,10-12H2,1-5H3,(H,19,20). The second kappa shape index (κ2) is 9.14. The normalized spacial score (nSPS) is 11.4. The fourth-order valence-corrected chi connectivity index (χ4v) is 3.29. The maximum Gasteiger partial charge on any atom is 0.230 e. The van der Waals surface area contributed by atoms with Gasteiger partial charge in [-0.25, -0.2) is 0 Å². The molecule has 0 aromatic heterocycles. The van der Waals surface area contributed by atoms with Gasteiger partial charge in [0, 0.05) is 12.3 Å². The van der Waals surface area contributed by atoms with Crippen LogP contribution in [0.4, 0.5) is 0 Å². The smallest absolute Gasteiger partial charge is 0.230 e. The van der Waals surface area contributed by atoms with Crippen molar-refractivity contribution in [3.63, 3.8) is 0 Å². The Bertz CT molecular complexity index is 417. The van der Waals surface area contributed by atoms with Crippen LogP contribution in [-0.4, -0.2) is 18.2 Å². The Morgan fingerprint density at radius 3 is 2.19 bits per heavy atom. The van der Waals surface area contributed by atoms with E-state index in [-0.39, 0.29) is 5.91 Å². The lowest BCUT2D eigenvalue weighted by atomic mass is 9.85. The number of aryl methyl sites for hydroxylation is 1. The van der Waals surface area contributed by atoms with Crippen molar-refractivity contribution in [2.24, 2.45) is 17.8 Å². The highest BCUT2D eigenvalue weighted by Gasteiger charge is 2.17. The maximum atomic E-state index is 11.9. The van der Waals surface area contributed by atoms with Gasteiger partial charge in [-0.3, -0.25) is 4.79 Å². The minimum atomic E-state index is 0.151. The molecule has 0 bridgehead atoms. The van der Waals surface area contributed by atoms with Gasteiger partial charge in [0.1, 0.15) is 0 Å². The van der Waals surface area contributed by atoms with E-state index >= 15 is 0 Å². The van der Waals surface area contributed by atoms with Crippen LogP contribution in [0.15, 0.2) is 24.3 Å². The molecule has 0 aliphatic rings. The molecule has 0 heterocycles. The summed E-state index contributed by atoms with van der Waals surface area (Å²) < 4.78 is 0. The summed E-state index contributed by atoms with van der Waals surface area (Å²) in [6.45, 7) is 11.8. The van der Waals surface area contributed by atoms with E-state index in [0.717, 1.165) is 12.3 Å². The number of carbonyl (C=O) groups is 1. The molecule has 1 amide bonds. The minimum absolute atomic E-state index is 0.151. The van der Waals surface area contributed by atoms with Crippen LogP contribution in [0, 0.1) is 24.7 Å². The topological polar surface area (TPSA) is 29.1 Å². The van der Waals surface area contributed by atoms with Crippen LogP contribution >= 0.6 is 11.8 Å². The van der Waals surface area contributed by atoms with Crippen molar-refractivity contribution in [2.75, 3.05) is 12.3 Å². The Morgan fingerprint density at radius 1 is 1.10 bits per heavy atom. The largest absolute Gasteiger partial charge is 0.355 e. The van der Waals surface area contributed by atoms with Gasteiger partial charge in [-0.15, -0.1) is 11.8 Å². The third kappa shape index (κ3) is 7.03. The van der Waals surface area contributed by atoms with Gasteiger partial charge >= 0.3 is 0 Å². The van der Waals surface area contributed by atoms with Gasteiger partial charge in [-0.1, -0.05) is 57.5 Å². The van der Waals surface area contributed by atoms with Crippen LogP contribution in [0.2, 0.25) is 0 Å². The Hall–Kier alpha value is -0.960. The summed E-state index contributed by atoms with van der Waals surface area (Å²) in [5.74, 6) is 3.34. The molecule has 1 aromatic rings. The minimum Gasteiger partial charge on any atom is -0.355 e. The fourth-order valence-electron chi connectivity index (χ4n) is 2.47. The molecule has 0 unspecified atom stereocenters. The first-order valence-electron chi connectivity index (χ1n) is 7.80. The predicted octanol–water partition coefficient (Wildman–Crippen LogP) is 4.27. The molecule has 0 aliphatic carbocycles. The van der Waals surface area contributed by atoms with E-state index in [1.54, 1.807) is 11.8 Å². The Kier molecular flexibility index (Phi) is 7.87.